The van der Waals surface area contributed by atoms with Crippen LogP contribution in [0.4, 0.5) is 0 Å². The number of phosphoric ester groups is 1. The number of carbonyl (C=O) groups excluding carboxylic acids is 1. The van der Waals surface area contributed by atoms with Crippen molar-refractivity contribution < 1.29 is 32.9 Å². The molecule has 0 saturated heterocycles. The van der Waals surface area contributed by atoms with Crippen molar-refractivity contribution in [3.8, 4) is 0 Å². The van der Waals surface area contributed by atoms with E-state index in [0.29, 0.717) is 17.4 Å². The van der Waals surface area contributed by atoms with Gasteiger partial charge in [-0.25, -0.2) is 0 Å². The lowest BCUT2D eigenvalue weighted by Gasteiger charge is -2.29. The van der Waals surface area contributed by atoms with Crippen LogP contribution in [0.3, 0.4) is 0 Å². The van der Waals surface area contributed by atoms with Crippen LogP contribution in [0.5, 0.6) is 0 Å². The maximum Gasteiger partial charge on any atom is 0.268 e. The van der Waals surface area contributed by atoms with Gasteiger partial charge in [0, 0.05) is 6.42 Å². The molecule has 0 aliphatic heterocycles. The molecule has 0 aromatic carbocycles. The number of aliphatic hydroxyl groups excluding tert-OH is 1. The van der Waals surface area contributed by atoms with Crippen LogP contribution in [0.15, 0.2) is 60.8 Å². The highest BCUT2D eigenvalue weighted by Crippen LogP contribution is 2.38. The number of hydrogen-bond donors (Lipinski definition) is 2. The van der Waals surface area contributed by atoms with Crippen molar-refractivity contribution in [2.75, 3.05) is 40.9 Å². The van der Waals surface area contributed by atoms with Gasteiger partial charge in [0.05, 0.1) is 39.9 Å². The van der Waals surface area contributed by atoms with Crippen LogP contribution in [-0.4, -0.2) is 68.5 Å². The summed E-state index contributed by atoms with van der Waals surface area (Å²) in [6.45, 7) is 4.57. The molecule has 0 bridgehead atoms. The molecule has 8 nitrogen and oxygen atoms in total. The highest BCUT2D eigenvalue weighted by molar-refractivity contribution is 7.45. The minimum atomic E-state index is -4.61. The van der Waals surface area contributed by atoms with Crippen molar-refractivity contribution in [2.24, 2.45) is 0 Å². The quantitative estimate of drug-likeness (QED) is 0.0274. The molecule has 1 amide bonds. The number of carbonyl (C=O) groups is 1. The SMILES string of the molecule is CCCCC/C=C\C/C=C\CCCCCCCC(=O)NC(COP(=O)([O-])OCC[N+](C)(C)C)C(O)/C=C/CC/C=C/CC/C=C/CCCCCCCCCCCCC. The van der Waals surface area contributed by atoms with Crippen LogP contribution in [-0.2, 0) is 18.4 Å². The lowest BCUT2D eigenvalue weighted by Crippen LogP contribution is -2.45. The third-order valence-electron chi connectivity index (χ3n) is 10.2. The second-order valence-corrected chi connectivity index (χ2v) is 18.5. The van der Waals surface area contributed by atoms with Crippen LogP contribution >= 0.6 is 7.82 Å². The van der Waals surface area contributed by atoms with E-state index in [1.807, 2.05) is 27.2 Å². The number of nitrogens with zero attached hydrogens (tertiary/aromatic N) is 1. The largest absolute Gasteiger partial charge is 0.756 e. The summed E-state index contributed by atoms with van der Waals surface area (Å²) >= 11 is 0. The van der Waals surface area contributed by atoms with Crippen molar-refractivity contribution >= 4 is 13.7 Å². The topological polar surface area (TPSA) is 108 Å². The van der Waals surface area contributed by atoms with E-state index in [4.69, 9.17) is 9.05 Å². The van der Waals surface area contributed by atoms with Gasteiger partial charge in [0.1, 0.15) is 13.2 Å². The molecule has 0 aromatic rings. The minimum absolute atomic E-state index is 0.0141. The Morgan fingerprint density at radius 1 is 0.603 bits per heavy atom. The lowest BCUT2D eigenvalue weighted by molar-refractivity contribution is -0.870. The van der Waals surface area contributed by atoms with Crippen molar-refractivity contribution in [2.45, 2.75) is 206 Å². The molecule has 0 aliphatic carbocycles. The van der Waals surface area contributed by atoms with E-state index in [0.717, 1.165) is 70.6 Å². The zero-order valence-electron chi connectivity index (χ0n) is 38.2. The van der Waals surface area contributed by atoms with Crippen molar-refractivity contribution in [3.63, 3.8) is 0 Å². The number of hydrogen-bond acceptors (Lipinski definition) is 6. The number of amides is 1. The smallest absolute Gasteiger partial charge is 0.268 e. The second kappa shape index (κ2) is 40.6. The van der Waals surface area contributed by atoms with Crippen LogP contribution in [0, 0.1) is 0 Å². The Morgan fingerprint density at radius 2 is 1.02 bits per heavy atom. The van der Waals surface area contributed by atoms with Crippen LogP contribution < -0.4 is 10.2 Å². The second-order valence-electron chi connectivity index (χ2n) is 17.1. The molecule has 0 fully saturated rings. The third kappa shape index (κ3) is 42.3. The molecule has 9 heteroatoms. The predicted molar refractivity (Wildman–Crippen MR) is 247 cm³/mol. The Balaban J connectivity index is 4.49. The van der Waals surface area contributed by atoms with Gasteiger partial charge in [-0.1, -0.05) is 171 Å². The van der Waals surface area contributed by atoms with Gasteiger partial charge in [0.15, 0.2) is 0 Å². The summed E-state index contributed by atoms with van der Waals surface area (Å²) in [5, 5.41) is 13.8. The maximum absolute atomic E-state index is 12.9. The number of allylic oxidation sites excluding steroid dienone is 9. The Kier molecular flexibility index (Phi) is 39.3. The summed E-state index contributed by atoms with van der Waals surface area (Å²) < 4.78 is 23.2. The average molecular weight is 835 g/mol. The third-order valence-corrected chi connectivity index (χ3v) is 11.1. The number of rotatable bonds is 42. The molecule has 0 aliphatic rings. The summed E-state index contributed by atoms with van der Waals surface area (Å²) in [7, 11) is 1.22. The van der Waals surface area contributed by atoms with Gasteiger partial charge >= 0.3 is 0 Å². The van der Waals surface area contributed by atoms with Crippen LogP contribution in [0.25, 0.3) is 0 Å². The van der Waals surface area contributed by atoms with E-state index >= 15 is 0 Å². The molecule has 0 aromatic heterocycles. The first-order chi connectivity index (χ1) is 28.0. The van der Waals surface area contributed by atoms with Gasteiger partial charge < -0.3 is 28.8 Å². The number of phosphoric acid groups is 1. The first-order valence-electron chi connectivity index (χ1n) is 23.7. The van der Waals surface area contributed by atoms with Gasteiger partial charge in [-0.05, 0) is 77.0 Å². The fraction of sp³-hybridized carbons (Fsp3) is 0.776. The number of aliphatic hydroxyl groups is 1. The molecule has 338 valence electrons. The highest BCUT2D eigenvalue weighted by atomic mass is 31.2. The van der Waals surface area contributed by atoms with E-state index in [1.54, 1.807) is 6.08 Å². The molecule has 0 heterocycles. The van der Waals surface area contributed by atoms with Gasteiger partial charge in [-0.3, -0.25) is 9.36 Å². The fourth-order valence-electron chi connectivity index (χ4n) is 6.39. The summed E-state index contributed by atoms with van der Waals surface area (Å²) in [6.07, 6.45) is 52.7. The van der Waals surface area contributed by atoms with Crippen molar-refractivity contribution in [1.82, 2.24) is 5.32 Å². The molecule has 0 spiro atoms. The number of nitrogens with one attached hydrogen (secondary N) is 1. The van der Waals surface area contributed by atoms with Gasteiger partial charge in [-0.15, -0.1) is 0 Å². The van der Waals surface area contributed by atoms with E-state index in [1.165, 1.54) is 103 Å². The molecule has 58 heavy (non-hydrogen) atoms. The van der Waals surface area contributed by atoms with E-state index in [2.05, 4.69) is 67.8 Å². The Bertz CT molecular complexity index is 1130. The predicted octanol–water partition coefficient (Wildman–Crippen LogP) is 12.8. The lowest BCUT2D eigenvalue weighted by atomic mass is 10.1. The molecule has 3 unspecified atom stereocenters. The first-order valence-corrected chi connectivity index (χ1v) is 25.1. The van der Waals surface area contributed by atoms with Crippen LogP contribution in [0.1, 0.15) is 194 Å². The Labute approximate surface area is 358 Å². The van der Waals surface area contributed by atoms with E-state index < -0.39 is 26.6 Å². The minimum Gasteiger partial charge on any atom is -0.756 e. The van der Waals surface area contributed by atoms with Crippen LogP contribution in [0.2, 0.25) is 0 Å². The summed E-state index contributed by atoms with van der Waals surface area (Å²) in [6, 6.07) is -0.918. The fourth-order valence-corrected chi connectivity index (χ4v) is 7.11. The Hall–Kier alpha value is -1.80. The normalized spacial score (nSPS) is 14.8. The molecule has 3 atom stereocenters. The van der Waals surface area contributed by atoms with E-state index in [9.17, 15) is 19.4 Å². The van der Waals surface area contributed by atoms with E-state index in [-0.39, 0.29) is 12.5 Å². The molecule has 0 saturated carbocycles. The van der Waals surface area contributed by atoms with Gasteiger partial charge in [0.2, 0.25) is 5.91 Å². The summed E-state index contributed by atoms with van der Waals surface area (Å²) in [5.74, 6) is -0.228. The summed E-state index contributed by atoms with van der Waals surface area (Å²) in [4.78, 5) is 25.3. The number of unbranched alkanes of at least 4 members (excludes halogenated alkanes) is 21. The maximum atomic E-state index is 12.9. The average Bonchev–Trinajstić information content (AvgIpc) is 3.17. The van der Waals surface area contributed by atoms with Gasteiger partial charge in [0.25, 0.3) is 7.82 Å². The van der Waals surface area contributed by atoms with Crippen molar-refractivity contribution in [1.29, 1.82) is 0 Å². The van der Waals surface area contributed by atoms with Crippen molar-refractivity contribution in [3.05, 3.63) is 60.8 Å². The number of quaternary nitrogens is 1. The molecule has 2 N–H and O–H groups in total. The number of likely N-dealkylation sites (N-methyl/N-ethyl adjacent to an activating group) is 1. The van der Waals surface area contributed by atoms with Gasteiger partial charge in [-0.2, -0.15) is 0 Å². The molecular weight excluding hydrogens is 744 g/mol. The Morgan fingerprint density at radius 3 is 1.53 bits per heavy atom. The summed E-state index contributed by atoms with van der Waals surface area (Å²) in [5.41, 5.74) is 0. The standard InChI is InChI=1S/C49H91N2O6P/c1-6-8-10-12-14-16-18-20-22-23-24-25-26-27-29-30-32-34-36-38-40-42-48(52)47(46-57-58(54,55)56-45-44-51(3,4)5)50-49(53)43-41-39-37-35-33-31-28-21-19-17-15-13-11-9-7-2/h15,17,21,26-28,32,34,40,42,47-48,52H,6-14,16,18-20,22-25,29-31,33,35-39,41,43-46H2,1-5H3,(H-,50,53,54,55)/b17-15-,27-26+,28-21-,34-32+,42-40+. The zero-order chi connectivity index (χ0) is 42.8. The molecule has 0 rings (SSSR count). The zero-order valence-corrected chi connectivity index (χ0v) is 39.1. The molecular formula is C49H91N2O6P. The monoisotopic (exact) mass is 835 g/mol. The molecule has 0 radical (unpaired) electrons. The highest BCUT2D eigenvalue weighted by Gasteiger charge is 2.23. The first kappa shape index (κ1) is 56.2.